The Hall–Kier alpha value is -3.15. The van der Waals surface area contributed by atoms with Crippen molar-refractivity contribution in [3.05, 3.63) is 42.6 Å². The van der Waals surface area contributed by atoms with Crippen molar-refractivity contribution in [3.8, 4) is 22.9 Å². The largest absolute Gasteiger partial charge is 0.454 e. The average Bonchev–Trinajstić information content (AvgIpc) is 3.01. The van der Waals surface area contributed by atoms with E-state index in [0.717, 1.165) is 27.9 Å². The molecule has 0 unspecified atom stereocenters. The van der Waals surface area contributed by atoms with Crippen molar-refractivity contribution in [1.29, 1.82) is 0 Å². The molecule has 4 rings (SSSR count). The van der Waals surface area contributed by atoms with E-state index in [1.807, 2.05) is 36.4 Å². The summed E-state index contributed by atoms with van der Waals surface area (Å²) in [6.07, 6.45) is 1.78. The minimum absolute atomic E-state index is 0.251. The number of benzene rings is 2. The first-order valence-corrected chi connectivity index (χ1v) is 7.17. The highest BCUT2D eigenvalue weighted by Gasteiger charge is 2.15. The molecule has 0 radical (unpaired) electrons. The minimum atomic E-state index is 0.251. The summed E-state index contributed by atoms with van der Waals surface area (Å²) < 4.78 is 10.7. The van der Waals surface area contributed by atoms with Crippen molar-refractivity contribution in [2.45, 2.75) is 6.92 Å². The Morgan fingerprint density at radius 3 is 2.87 bits per heavy atom. The lowest BCUT2D eigenvalue weighted by atomic mass is 10.1. The molecule has 6 nitrogen and oxygen atoms in total. The monoisotopic (exact) mass is 306 g/mol. The zero-order valence-electron chi connectivity index (χ0n) is 12.5. The summed E-state index contributed by atoms with van der Waals surface area (Å²) in [4.78, 5) is 13.3. The van der Waals surface area contributed by atoms with Gasteiger partial charge in [0.25, 0.3) is 0 Å². The molecule has 0 aliphatic carbocycles. The molecule has 23 heavy (non-hydrogen) atoms. The molecule has 2 aromatic carbocycles. The molecule has 0 amide bonds. The highest BCUT2D eigenvalue weighted by molar-refractivity contribution is 5.86. The SMILES string of the molecule is CC(N)=Nc1ccc2nc(-c3ccc4c(c3)OCO4)ncc2c1. The van der Waals surface area contributed by atoms with Gasteiger partial charge >= 0.3 is 0 Å². The fourth-order valence-corrected chi connectivity index (χ4v) is 2.47. The third kappa shape index (κ3) is 2.55. The van der Waals surface area contributed by atoms with Crippen LogP contribution in [0.4, 0.5) is 5.69 Å². The third-order valence-electron chi connectivity index (χ3n) is 3.50. The van der Waals surface area contributed by atoms with E-state index in [-0.39, 0.29) is 6.79 Å². The molecule has 0 bridgehead atoms. The maximum absolute atomic E-state index is 5.61. The number of hydrogen-bond donors (Lipinski definition) is 1. The van der Waals surface area contributed by atoms with Gasteiger partial charge in [0, 0.05) is 17.1 Å². The van der Waals surface area contributed by atoms with Gasteiger partial charge in [-0.05, 0) is 43.3 Å². The molecule has 2 heterocycles. The van der Waals surface area contributed by atoms with Crippen LogP contribution in [0.25, 0.3) is 22.3 Å². The van der Waals surface area contributed by atoms with Gasteiger partial charge in [-0.25, -0.2) is 15.0 Å². The number of fused-ring (bicyclic) bond motifs is 2. The van der Waals surface area contributed by atoms with Gasteiger partial charge in [-0.2, -0.15) is 0 Å². The molecule has 0 saturated heterocycles. The number of rotatable bonds is 2. The van der Waals surface area contributed by atoms with Crippen LogP contribution >= 0.6 is 0 Å². The van der Waals surface area contributed by atoms with E-state index in [1.165, 1.54) is 0 Å². The molecule has 1 aromatic heterocycles. The van der Waals surface area contributed by atoms with Gasteiger partial charge in [0.1, 0.15) is 0 Å². The number of aliphatic imine (C=N–C) groups is 1. The Kier molecular flexibility index (Phi) is 3.08. The van der Waals surface area contributed by atoms with Gasteiger partial charge in [-0.1, -0.05) is 0 Å². The molecule has 1 aliphatic heterocycles. The summed E-state index contributed by atoms with van der Waals surface area (Å²) in [6.45, 7) is 2.00. The maximum Gasteiger partial charge on any atom is 0.231 e. The van der Waals surface area contributed by atoms with Crippen LogP contribution in [0.15, 0.2) is 47.6 Å². The van der Waals surface area contributed by atoms with Crippen LogP contribution in [0.1, 0.15) is 6.92 Å². The Bertz CT molecular complexity index is 933. The number of aromatic nitrogens is 2. The summed E-state index contributed by atoms with van der Waals surface area (Å²) in [7, 11) is 0. The second kappa shape index (κ2) is 5.24. The molecule has 0 spiro atoms. The zero-order valence-corrected chi connectivity index (χ0v) is 12.5. The molecular formula is C17H14N4O2. The Morgan fingerprint density at radius 1 is 1.13 bits per heavy atom. The summed E-state index contributed by atoms with van der Waals surface area (Å²) in [6, 6.07) is 11.4. The lowest BCUT2D eigenvalue weighted by Crippen LogP contribution is -2.03. The van der Waals surface area contributed by atoms with Crippen molar-refractivity contribution < 1.29 is 9.47 Å². The quantitative estimate of drug-likeness (QED) is 0.581. The van der Waals surface area contributed by atoms with Crippen LogP contribution < -0.4 is 15.2 Å². The van der Waals surface area contributed by atoms with Crippen molar-refractivity contribution >= 4 is 22.4 Å². The second-order valence-electron chi connectivity index (χ2n) is 5.26. The molecule has 6 heteroatoms. The van der Waals surface area contributed by atoms with Crippen molar-refractivity contribution in [2.75, 3.05) is 6.79 Å². The van der Waals surface area contributed by atoms with Crippen molar-refractivity contribution in [1.82, 2.24) is 9.97 Å². The highest BCUT2D eigenvalue weighted by Crippen LogP contribution is 2.35. The number of nitrogens with zero attached hydrogens (tertiary/aromatic N) is 3. The Morgan fingerprint density at radius 2 is 2.00 bits per heavy atom. The first kappa shape index (κ1) is 13.5. The van der Waals surface area contributed by atoms with E-state index in [4.69, 9.17) is 15.2 Å². The summed E-state index contributed by atoms with van der Waals surface area (Å²) in [5, 5.41) is 0.914. The van der Waals surface area contributed by atoms with E-state index in [1.54, 1.807) is 13.1 Å². The van der Waals surface area contributed by atoms with Crippen LogP contribution in [0, 0.1) is 0 Å². The standard InChI is InChI=1S/C17H14N4O2/c1-10(18)20-13-3-4-14-12(6-13)8-19-17(21-14)11-2-5-15-16(7-11)23-9-22-15/h2-8H,9H2,1H3,(H2,18,20). The van der Waals surface area contributed by atoms with Gasteiger partial charge in [-0.15, -0.1) is 0 Å². The van der Waals surface area contributed by atoms with E-state index in [9.17, 15) is 0 Å². The zero-order chi connectivity index (χ0) is 15.8. The number of amidine groups is 1. The van der Waals surface area contributed by atoms with Crippen LogP contribution in [-0.4, -0.2) is 22.6 Å². The normalized spacial score (nSPS) is 13.5. The molecule has 3 aromatic rings. The molecule has 2 N–H and O–H groups in total. The first-order chi connectivity index (χ1) is 11.2. The lowest BCUT2D eigenvalue weighted by Gasteiger charge is -2.04. The van der Waals surface area contributed by atoms with E-state index < -0.39 is 0 Å². The third-order valence-corrected chi connectivity index (χ3v) is 3.50. The van der Waals surface area contributed by atoms with Crippen LogP contribution in [0.2, 0.25) is 0 Å². The molecule has 0 atom stereocenters. The van der Waals surface area contributed by atoms with Gasteiger partial charge in [-0.3, -0.25) is 0 Å². The molecule has 114 valence electrons. The smallest absolute Gasteiger partial charge is 0.231 e. The van der Waals surface area contributed by atoms with Gasteiger partial charge < -0.3 is 15.2 Å². The topological polar surface area (TPSA) is 82.6 Å². The van der Waals surface area contributed by atoms with E-state index in [2.05, 4.69) is 15.0 Å². The van der Waals surface area contributed by atoms with E-state index in [0.29, 0.717) is 17.4 Å². The van der Waals surface area contributed by atoms with Crippen LogP contribution in [-0.2, 0) is 0 Å². The van der Waals surface area contributed by atoms with Gasteiger partial charge in [0.15, 0.2) is 17.3 Å². The van der Waals surface area contributed by atoms with Crippen LogP contribution in [0.5, 0.6) is 11.5 Å². The fourth-order valence-electron chi connectivity index (χ4n) is 2.47. The second-order valence-corrected chi connectivity index (χ2v) is 5.26. The summed E-state index contributed by atoms with van der Waals surface area (Å²) >= 11 is 0. The average molecular weight is 306 g/mol. The Balaban J connectivity index is 1.76. The Labute approximate surface area is 132 Å². The first-order valence-electron chi connectivity index (χ1n) is 7.17. The van der Waals surface area contributed by atoms with Gasteiger partial charge in [0.05, 0.1) is 17.0 Å². The predicted octanol–water partition coefficient (Wildman–Crippen LogP) is 3.03. The molecule has 0 fully saturated rings. The maximum atomic E-state index is 5.61. The van der Waals surface area contributed by atoms with Crippen molar-refractivity contribution in [2.24, 2.45) is 10.7 Å². The fraction of sp³-hybridized carbons (Fsp3) is 0.118. The number of hydrogen-bond acceptors (Lipinski definition) is 5. The molecular weight excluding hydrogens is 292 g/mol. The van der Waals surface area contributed by atoms with Crippen LogP contribution in [0.3, 0.4) is 0 Å². The summed E-state index contributed by atoms with van der Waals surface area (Å²) in [5.74, 6) is 2.62. The molecule has 0 saturated carbocycles. The lowest BCUT2D eigenvalue weighted by molar-refractivity contribution is 0.174. The highest BCUT2D eigenvalue weighted by atomic mass is 16.7. The minimum Gasteiger partial charge on any atom is -0.454 e. The number of ether oxygens (including phenoxy) is 2. The van der Waals surface area contributed by atoms with Gasteiger partial charge in [0.2, 0.25) is 6.79 Å². The number of nitrogens with two attached hydrogens (primary N) is 1. The van der Waals surface area contributed by atoms with E-state index >= 15 is 0 Å². The summed E-state index contributed by atoms with van der Waals surface area (Å²) in [5.41, 5.74) is 8.13. The van der Waals surface area contributed by atoms with Crippen molar-refractivity contribution in [3.63, 3.8) is 0 Å². The predicted molar refractivity (Wildman–Crippen MR) is 88.1 cm³/mol. The molecule has 1 aliphatic rings.